The summed E-state index contributed by atoms with van der Waals surface area (Å²) in [5, 5.41) is 17.1. The Balaban J connectivity index is 2.79. The summed E-state index contributed by atoms with van der Waals surface area (Å²) in [6.45, 7) is -0.0797. The summed E-state index contributed by atoms with van der Waals surface area (Å²) in [5.41, 5.74) is 27.9. The molecule has 1 aromatic rings. The third kappa shape index (κ3) is 12.2. The van der Waals surface area contributed by atoms with Crippen LogP contribution in [0.1, 0.15) is 37.8 Å². The topological polar surface area (TPSA) is 296 Å². The van der Waals surface area contributed by atoms with Crippen LogP contribution in [0.3, 0.4) is 0 Å². The van der Waals surface area contributed by atoms with E-state index in [1.165, 1.54) is 12.5 Å². The molecule has 4 amide bonds. The van der Waals surface area contributed by atoms with E-state index in [0.29, 0.717) is 38.0 Å². The number of rotatable bonds is 18. The lowest BCUT2D eigenvalue weighted by Crippen LogP contribution is -2.58. The molecule has 1 aromatic heterocycles. The van der Waals surface area contributed by atoms with E-state index >= 15 is 0 Å². The van der Waals surface area contributed by atoms with Gasteiger partial charge in [-0.1, -0.05) is 0 Å². The molecule has 16 nitrogen and oxygen atoms in total. The molecular weight excluding hydrogens is 486 g/mol. The Morgan fingerprint density at radius 2 is 1.59 bits per heavy atom. The van der Waals surface area contributed by atoms with Crippen molar-refractivity contribution in [3.8, 4) is 0 Å². The molecule has 0 spiro atoms. The number of imidazole rings is 1. The lowest BCUT2D eigenvalue weighted by Gasteiger charge is -2.24. The van der Waals surface area contributed by atoms with Crippen molar-refractivity contribution < 1.29 is 24.3 Å². The van der Waals surface area contributed by atoms with E-state index < -0.39 is 54.4 Å². The molecule has 37 heavy (non-hydrogen) atoms. The second kappa shape index (κ2) is 16.8. The predicted molar refractivity (Wildman–Crippen MR) is 135 cm³/mol. The molecule has 0 bridgehead atoms. The monoisotopic (exact) mass is 525 g/mol. The maximum absolute atomic E-state index is 12.9. The lowest BCUT2D eigenvalue weighted by molar-refractivity contribution is -0.134. The molecule has 1 heterocycles. The number of nitrogens with two attached hydrogens (primary N) is 5. The number of hydrogen-bond acceptors (Lipinski definition) is 9. The van der Waals surface area contributed by atoms with E-state index in [1.807, 2.05) is 0 Å². The number of amides is 4. The first-order valence-corrected chi connectivity index (χ1v) is 11.9. The van der Waals surface area contributed by atoms with E-state index in [-0.39, 0.29) is 25.2 Å². The van der Waals surface area contributed by atoms with Gasteiger partial charge in [-0.3, -0.25) is 24.2 Å². The molecule has 0 fully saturated rings. The number of aromatic nitrogens is 2. The first-order valence-electron chi connectivity index (χ1n) is 11.9. The number of aliphatic hydroxyl groups is 1. The number of hydrogen-bond donors (Lipinski definition) is 10. The maximum atomic E-state index is 12.9. The zero-order chi connectivity index (χ0) is 27.8. The number of carbonyl (C=O) groups excluding carboxylic acids is 4. The van der Waals surface area contributed by atoms with E-state index in [1.54, 1.807) is 0 Å². The molecule has 4 atom stereocenters. The smallest absolute Gasteiger partial charge is 0.245 e. The second-order valence-electron chi connectivity index (χ2n) is 8.39. The second-order valence-corrected chi connectivity index (χ2v) is 8.39. The van der Waals surface area contributed by atoms with Gasteiger partial charge < -0.3 is 54.7 Å². The van der Waals surface area contributed by atoms with Gasteiger partial charge in [-0.05, 0) is 38.6 Å². The zero-order valence-corrected chi connectivity index (χ0v) is 20.7. The summed E-state index contributed by atoms with van der Waals surface area (Å²) in [7, 11) is 0. The summed E-state index contributed by atoms with van der Waals surface area (Å²) in [6, 6.07) is -4.48. The number of unbranched alkanes of at least 4 members (excludes halogenated alkanes) is 1. The van der Waals surface area contributed by atoms with Gasteiger partial charge in [0.05, 0.1) is 19.0 Å². The summed E-state index contributed by atoms with van der Waals surface area (Å²) in [5.74, 6) is -3.00. The fourth-order valence-electron chi connectivity index (χ4n) is 3.27. The molecule has 0 unspecified atom stereocenters. The molecule has 0 radical (unpaired) electrons. The van der Waals surface area contributed by atoms with Crippen molar-refractivity contribution in [1.29, 1.82) is 0 Å². The van der Waals surface area contributed by atoms with Gasteiger partial charge in [-0.2, -0.15) is 0 Å². The highest BCUT2D eigenvalue weighted by atomic mass is 16.3. The fraction of sp³-hybridized carbons (Fsp3) is 0.619. The molecule has 0 saturated carbocycles. The Morgan fingerprint density at radius 1 is 0.946 bits per heavy atom. The lowest BCUT2D eigenvalue weighted by atomic mass is 10.1. The Morgan fingerprint density at radius 3 is 2.16 bits per heavy atom. The summed E-state index contributed by atoms with van der Waals surface area (Å²) < 4.78 is 0. The Kier molecular flexibility index (Phi) is 14.2. The average molecular weight is 526 g/mol. The van der Waals surface area contributed by atoms with E-state index in [2.05, 4.69) is 30.9 Å². The van der Waals surface area contributed by atoms with E-state index in [9.17, 15) is 24.3 Å². The minimum Gasteiger partial charge on any atom is -0.394 e. The summed E-state index contributed by atoms with van der Waals surface area (Å²) in [6.07, 6.45) is 4.95. The van der Waals surface area contributed by atoms with Crippen LogP contribution in [-0.4, -0.2) is 88.5 Å². The fourth-order valence-corrected chi connectivity index (χ4v) is 3.27. The van der Waals surface area contributed by atoms with Crippen LogP contribution in [0.2, 0.25) is 0 Å². The van der Waals surface area contributed by atoms with Crippen LogP contribution in [0, 0.1) is 0 Å². The number of aromatic amines is 1. The molecule has 0 aliphatic rings. The molecule has 0 aromatic carbocycles. The van der Waals surface area contributed by atoms with Crippen LogP contribution < -0.4 is 44.6 Å². The van der Waals surface area contributed by atoms with Gasteiger partial charge in [0.2, 0.25) is 23.6 Å². The third-order valence-corrected chi connectivity index (χ3v) is 5.34. The van der Waals surface area contributed by atoms with Crippen molar-refractivity contribution in [3.63, 3.8) is 0 Å². The number of primary amides is 1. The number of nitrogens with one attached hydrogen (secondary N) is 4. The van der Waals surface area contributed by atoms with Gasteiger partial charge in [0.25, 0.3) is 0 Å². The average Bonchev–Trinajstić information content (AvgIpc) is 3.36. The van der Waals surface area contributed by atoms with E-state index in [0.717, 1.165) is 0 Å². The number of guanidine groups is 1. The standard InChI is InChI=1S/C21H39N11O5/c22-6-2-1-5-14(30-18(35)13(23)4-3-7-28-21(25)26)19(36)32-16(10-33)20(37)31-15(17(24)34)8-12-9-27-11-29-12/h9,11,13-16,33H,1-8,10,22-23H2,(H2,24,34)(H,27,29)(H,30,35)(H,31,37)(H,32,36)(H4,25,26,28)/t13-,14-,15-,16-/m0/s1. The number of nitrogens with zero attached hydrogens (tertiary/aromatic N) is 2. The van der Waals surface area contributed by atoms with Crippen LogP contribution in [0.25, 0.3) is 0 Å². The SMILES string of the molecule is NCCCC[C@H](NC(=O)[C@@H](N)CCCN=C(N)N)C(=O)N[C@@H](CO)C(=O)N[C@@H](Cc1cnc[nH]1)C(N)=O. The number of aliphatic imine (C=N–C) groups is 1. The van der Waals surface area contributed by atoms with Gasteiger partial charge in [0.1, 0.15) is 18.1 Å². The zero-order valence-electron chi connectivity index (χ0n) is 20.7. The molecular formula is C21H39N11O5. The van der Waals surface area contributed by atoms with Crippen LogP contribution in [0.15, 0.2) is 17.5 Å². The molecule has 0 saturated heterocycles. The Bertz CT molecular complexity index is 889. The van der Waals surface area contributed by atoms with Crippen molar-refractivity contribution in [2.24, 2.45) is 33.7 Å². The van der Waals surface area contributed by atoms with Crippen molar-refractivity contribution in [2.45, 2.75) is 62.7 Å². The van der Waals surface area contributed by atoms with Crippen LogP contribution in [0.4, 0.5) is 0 Å². The Labute approximate surface area is 214 Å². The van der Waals surface area contributed by atoms with Gasteiger partial charge in [0.15, 0.2) is 5.96 Å². The van der Waals surface area contributed by atoms with Crippen molar-refractivity contribution in [2.75, 3.05) is 19.7 Å². The molecule has 15 N–H and O–H groups in total. The Hall–Kier alpha value is -3.76. The highest BCUT2D eigenvalue weighted by Gasteiger charge is 2.29. The van der Waals surface area contributed by atoms with Gasteiger partial charge in [-0.15, -0.1) is 0 Å². The van der Waals surface area contributed by atoms with Crippen LogP contribution >= 0.6 is 0 Å². The van der Waals surface area contributed by atoms with Crippen molar-refractivity contribution >= 4 is 29.6 Å². The van der Waals surface area contributed by atoms with Crippen molar-refractivity contribution in [1.82, 2.24) is 25.9 Å². The molecule has 16 heteroatoms. The highest BCUT2D eigenvalue weighted by Crippen LogP contribution is 2.05. The van der Waals surface area contributed by atoms with Gasteiger partial charge >= 0.3 is 0 Å². The molecule has 1 rings (SSSR count). The third-order valence-electron chi connectivity index (χ3n) is 5.34. The summed E-state index contributed by atoms with van der Waals surface area (Å²) >= 11 is 0. The maximum Gasteiger partial charge on any atom is 0.245 e. The van der Waals surface area contributed by atoms with Crippen molar-refractivity contribution in [3.05, 3.63) is 18.2 Å². The predicted octanol–water partition coefficient (Wildman–Crippen LogP) is -4.61. The number of aliphatic hydroxyl groups excluding tert-OH is 1. The molecule has 0 aliphatic heterocycles. The molecule has 208 valence electrons. The largest absolute Gasteiger partial charge is 0.394 e. The van der Waals surface area contributed by atoms with Crippen LogP contribution in [0.5, 0.6) is 0 Å². The number of carbonyl (C=O) groups is 4. The molecule has 0 aliphatic carbocycles. The normalized spacial score (nSPS) is 14.0. The quantitative estimate of drug-likeness (QED) is 0.0496. The van der Waals surface area contributed by atoms with Crippen LogP contribution in [-0.2, 0) is 25.6 Å². The minimum atomic E-state index is -1.40. The number of H-pyrrole nitrogens is 1. The highest BCUT2D eigenvalue weighted by molar-refractivity contribution is 5.94. The van der Waals surface area contributed by atoms with Gasteiger partial charge in [0, 0.05) is 24.9 Å². The first kappa shape index (κ1) is 31.3. The van der Waals surface area contributed by atoms with Gasteiger partial charge in [-0.25, -0.2) is 4.98 Å². The minimum absolute atomic E-state index is 0.0337. The summed E-state index contributed by atoms with van der Waals surface area (Å²) in [4.78, 5) is 60.4. The van der Waals surface area contributed by atoms with E-state index in [4.69, 9.17) is 28.7 Å². The first-order chi connectivity index (χ1) is 17.6.